The van der Waals surface area contributed by atoms with Crippen molar-refractivity contribution in [1.29, 1.82) is 0 Å². The molecular weight excluding hydrogens is 410 g/mol. The van der Waals surface area contributed by atoms with Gasteiger partial charge in [-0.2, -0.15) is 9.97 Å². The van der Waals surface area contributed by atoms with E-state index in [2.05, 4.69) is 87.9 Å². The van der Waals surface area contributed by atoms with E-state index in [9.17, 15) is 0 Å². The summed E-state index contributed by atoms with van der Waals surface area (Å²) in [6, 6.07) is 19.8. The molecule has 0 saturated carbocycles. The topological polar surface area (TPSA) is 79.7 Å². The fourth-order valence-electron chi connectivity index (χ4n) is 4.26. The molecule has 0 aliphatic carbocycles. The quantitative estimate of drug-likeness (QED) is 0.380. The standard InChI is InChI=1S/C26H31N7/c1-18(2)33-17-29-23-24(31-26(32-25(23)33)30-22-12-14-27-15-13-22)28-16-19-8-10-21(11-9-19)20-6-4-3-5-7-20/h3-11,17-18,22,27H,12-16H2,1-2H3,(H2,28,30,31,32). The van der Waals surface area contributed by atoms with E-state index in [0.717, 1.165) is 42.9 Å². The van der Waals surface area contributed by atoms with Gasteiger partial charge in [0.05, 0.1) is 6.33 Å². The van der Waals surface area contributed by atoms with Crippen LogP contribution in [0.4, 0.5) is 11.8 Å². The minimum atomic E-state index is 0.273. The molecule has 33 heavy (non-hydrogen) atoms. The zero-order chi connectivity index (χ0) is 22.6. The summed E-state index contributed by atoms with van der Waals surface area (Å²) >= 11 is 0. The van der Waals surface area contributed by atoms with E-state index < -0.39 is 0 Å². The van der Waals surface area contributed by atoms with E-state index in [1.165, 1.54) is 16.7 Å². The number of nitrogens with one attached hydrogen (secondary N) is 3. The van der Waals surface area contributed by atoms with Gasteiger partial charge in [0, 0.05) is 18.6 Å². The van der Waals surface area contributed by atoms with Crippen LogP contribution in [0.15, 0.2) is 60.9 Å². The highest BCUT2D eigenvalue weighted by molar-refractivity contribution is 5.84. The third kappa shape index (κ3) is 4.83. The highest BCUT2D eigenvalue weighted by Crippen LogP contribution is 2.25. The van der Waals surface area contributed by atoms with E-state index >= 15 is 0 Å². The molecule has 0 amide bonds. The second-order valence-corrected chi connectivity index (χ2v) is 8.90. The molecule has 1 saturated heterocycles. The van der Waals surface area contributed by atoms with E-state index in [0.29, 0.717) is 18.5 Å². The molecule has 4 aromatic rings. The first kappa shape index (κ1) is 21.4. The number of benzene rings is 2. The summed E-state index contributed by atoms with van der Waals surface area (Å²) in [5, 5.41) is 10.5. The molecule has 7 heteroatoms. The molecule has 5 rings (SSSR count). The van der Waals surface area contributed by atoms with Crippen LogP contribution in [0, 0.1) is 0 Å². The van der Waals surface area contributed by atoms with Crippen molar-refractivity contribution in [1.82, 2.24) is 24.8 Å². The van der Waals surface area contributed by atoms with E-state index in [-0.39, 0.29) is 6.04 Å². The molecule has 0 bridgehead atoms. The fraction of sp³-hybridized carbons (Fsp3) is 0.346. The van der Waals surface area contributed by atoms with Crippen LogP contribution in [0.5, 0.6) is 0 Å². The number of imidazole rings is 1. The monoisotopic (exact) mass is 441 g/mol. The normalized spacial score (nSPS) is 14.6. The Morgan fingerprint density at radius 1 is 0.970 bits per heavy atom. The molecule has 1 aliphatic rings. The van der Waals surface area contributed by atoms with Crippen molar-refractivity contribution in [3.8, 4) is 11.1 Å². The first-order chi connectivity index (χ1) is 16.2. The van der Waals surface area contributed by atoms with Crippen LogP contribution in [0.3, 0.4) is 0 Å². The maximum absolute atomic E-state index is 4.83. The van der Waals surface area contributed by atoms with Crippen molar-refractivity contribution < 1.29 is 0 Å². The number of piperidine rings is 1. The number of fused-ring (bicyclic) bond motifs is 1. The summed E-state index contributed by atoms with van der Waals surface area (Å²) in [6.07, 6.45) is 4.00. The molecule has 170 valence electrons. The van der Waals surface area contributed by atoms with Gasteiger partial charge in [-0.25, -0.2) is 4.98 Å². The Morgan fingerprint density at radius 3 is 2.42 bits per heavy atom. The maximum atomic E-state index is 4.83. The predicted molar refractivity (Wildman–Crippen MR) is 134 cm³/mol. The van der Waals surface area contributed by atoms with Gasteiger partial charge in [-0.15, -0.1) is 0 Å². The van der Waals surface area contributed by atoms with E-state index in [4.69, 9.17) is 9.97 Å². The summed E-state index contributed by atoms with van der Waals surface area (Å²) in [7, 11) is 0. The van der Waals surface area contributed by atoms with Crippen molar-refractivity contribution in [2.45, 2.75) is 45.3 Å². The van der Waals surface area contributed by atoms with Crippen LogP contribution >= 0.6 is 0 Å². The molecule has 3 N–H and O–H groups in total. The smallest absolute Gasteiger partial charge is 0.227 e. The molecule has 2 aromatic heterocycles. The molecule has 7 nitrogen and oxygen atoms in total. The Bertz CT molecular complexity index is 1190. The van der Waals surface area contributed by atoms with Crippen LogP contribution in [0.2, 0.25) is 0 Å². The van der Waals surface area contributed by atoms with Gasteiger partial charge in [-0.05, 0) is 56.5 Å². The van der Waals surface area contributed by atoms with Crippen LogP contribution in [0.1, 0.15) is 38.3 Å². The molecule has 0 unspecified atom stereocenters. The second kappa shape index (κ2) is 9.58. The number of rotatable bonds is 7. The average Bonchev–Trinajstić information content (AvgIpc) is 3.29. The Morgan fingerprint density at radius 2 is 1.70 bits per heavy atom. The first-order valence-corrected chi connectivity index (χ1v) is 11.8. The van der Waals surface area contributed by atoms with Crippen LogP contribution < -0.4 is 16.0 Å². The number of hydrogen-bond donors (Lipinski definition) is 3. The third-order valence-electron chi connectivity index (χ3n) is 6.17. The SMILES string of the molecule is CC(C)n1cnc2c(NCc3ccc(-c4ccccc4)cc3)nc(NC3CCNCC3)nc21. The Kier molecular flexibility index (Phi) is 6.21. The fourth-order valence-corrected chi connectivity index (χ4v) is 4.26. The van der Waals surface area contributed by atoms with Gasteiger partial charge in [-0.1, -0.05) is 54.6 Å². The summed E-state index contributed by atoms with van der Waals surface area (Å²) in [6.45, 7) is 7.00. The summed E-state index contributed by atoms with van der Waals surface area (Å²) in [5.74, 6) is 1.43. The average molecular weight is 442 g/mol. The zero-order valence-corrected chi connectivity index (χ0v) is 19.3. The highest BCUT2D eigenvalue weighted by atomic mass is 15.2. The molecule has 2 aromatic carbocycles. The summed E-state index contributed by atoms with van der Waals surface area (Å²) in [4.78, 5) is 14.3. The van der Waals surface area contributed by atoms with E-state index in [1.54, 1.807) is 0 Å². The Balaban J connectivity index is 1.38. The minimum absolute atomic E-state index is 0.273. The van der Waals surface area contributed by atoms with Crippen LogP contribution in [0.25, 0.3) is 22.3 Å². The molecule has 0 spiro atoms. The summed E-state index contributed by atoms with van der Waals surface area (Å²) < 4.78 is 2.10. The number of aromatic nitrogens is 4. The van der Waals surface area contributed by atoms with Crippen LogP contribution in [-0.4, -0.2) is 38.7 Å². The lowest BCUT2D eigenvalue weighted by Gasteiger charge is -2.24. The highest BCUT2D eigenvalue weighted by Gasteiger charge is 2.18. The van der Waals surface area contributed by atoms with Gasteiger partial charge in [0.25, 0.3) is 0 Å². The van der Waals surface area contributed by atoms with Crippen LogP contribution in [-0.2, 0) is 6.54 Å². The van der Waals surface area contributed by atoms with Gasteiger partial charge in [0.2, 0.25) is 5.95 Å². The molecule has 1 aliphatic heterocycles. The largest absolute Gasteiger partial charge is 0.364 e. The molecule has 0 radical (unpaired) electrons. The lowest BCUT2D eigenvalue weighted by Crippen LogP contribution is -2.35. The Labute approximate surface area is 194 Å². The molecular formula is C26H31N7. The van der Waals surface area contributed by atoms with Crippen molar-refractivity contribution in [3.05, 3.63) is 66.5 Å². The lowest BCUT2D eigenvalue weighted by molar-refractivity contribution is 0.477. The van der Waals surface area contributed by atoms with Gasteiger partial charge < -0.3 is 20.5 Å². The molecule has 1 fully saturated rings. The van der Waals surface area contributed by atoms with Crippen molar-refractivity contribution >= 4 is 22.9 Å². The summed E-state index contributed by atoms with van der Waals surface area (Å²) in [5.41, 5.74) is 5.30. The van der Waals surface area contributed by atoms with Crippen molar-refractivity contribution in [3.63, 3.8) is 0 Å². The molecule has 0 atom stereocenters. The maximum Gasteiger partial charge on any atom is 0.227 e. The minimum Gasteiger partial charge on any atom is -0.364 e. The van der Waals surface area contributed by atoms with Gasteiger partial charge in [0.1, 0.15) is 0 Å². The van der Waals surface area contributed by atoms with Crippen molar-refractivity contribution in [2.75, 3.05) is 23.7 Å². The van der Waals surface area contributed by atoms with Gasteiger partial charge in [0.15, 0.2) is 17.0 Å². The first-order valence-electron chi connectivity index (χ1n) is 11.8. The van der Waals surface area contributed by atoms with Gasteiger partial charge >= 0.3 is 0 Å². The Hall–Kier alpha value is -3.45. The van der Waals surface area contributed by atoms with Crippen molar-refractivity contribution in [2.24, 2.45) is 0 Å². The lowest BCUT2D eigenvalue weighted by atomic mass is 10.0. The molecule has 3 heterocycles. The third-order valence-corrected chi connectivity index (χ3v) is 6.17. The predicted octanol–water partition coefficient (Wildman–Crippen LogP) is 4.85. The zero-order valence-electron chi connectivity index (χ0n) is 19.3. The number of anilines is 2. The number of hydrogen-bond acceptors (Lipinski definition) is 6. The van der Waals surface area contributed by atoms with Gasteiger partial charge in [-0.3, -0.25) is 0 Å². The number of nitrogens with zero attached hydrogens (tertiary/aromatic N) is 4. The second-order valence-electron chi connectivity index (χ2n) is 8.90. The van der Waals surface area contributed by atoms with E-state index in [1.807, 2.05) is 12.4 Å².